The fourth-order valence-corrected chi connectivity index (χ4v) is 1.78. The van der Waals surface area contributed by atoms with Crippen molar-refractivity contribution in [3.8, 4) is 0 Å². The van der Waals surface area contributed by atoms with E-state index in [1.54, 1.807) is 24.3 Å². The van der Waals surface area contributed by atoms with Crippen LogP contribution in [0.15, 0.2) is 24.3 Å². The van der Waals surface area contributed by atoms with Crippen LogP contribution in [0.5, 0.6) is 0 Å². The Kier molecular flexibility index (Phi) is 6.76. The van der Waals surface area contributed by atoms with Gasteiger partial charge in [0.05, 0.1) is 0 Å². The maximum absolute atomic E-state index is 12.0. The normalized spacial score (nSPS) is 11.9. The Hall–Kier alpha value is -2.17. The van der Waals surface area contributed by atoms with Crippen LogP contribution in [0.3, 0.4) is 0 Å². The van der Waals surface area contributed by atoms with Crippen molar-refractivity contribution >= 4 is 23.3 Å². The minimum Gasteiger partial charge on any atom is -0.453 e. The highest BCUT2D eigenvalue weighted by molar-refractivity contribution is 5.98. The lowest BCUT2D eigenvalue weighted by molar-refractivity contribution is -0.153. The lowest BCUT2D eigenvalue weighted by atomic mass is 10.1. The Morgan fingerprint density at radius 1 is 1.18 bits per heavy atom. The van der Waals surface area contributed by atoms with Crippen molar-refractivity contribution in [1.82, 2.24) is 0 Å². The average Bonchev–Trinajstić information content (AvgIpc) is 2.45. The summed E-state index contributed by atoms with van der Waals surface area (Å²) in [4.78, 5) is 34.9. The van der Waals surface area contributed by atoms with Gasteiger partial charge in [-0.25, -0.2) is 0 Å². The molecule has 0 aliphatic carbocycles. The van der Waals surface area contributed by atoms with Gasteiger partial charge in [-0.3, -0.25) is 14.4 Å². The Morgan fingerprint density at radius 3 is 2.45 bits per heavy atom. The number of carbonyl (C=O) groups excluding carboxylic acids is 3. The summed E-state index contributed by atoms with van der Waals surface area (Å²) in [6, 6.07) is 6.63. The quantitative estimate of drug-likeness (QED) is 0.620. The van der Waals surface area contributed by atoms with Crippen LogP contribution in [0.1, 0.15) is 50.9 Å². The van der Waals surface area contributed by atoms with Crippen molar-refractivity contribution in [3.05, 3.63) is 29.8 Å². The Balaban J connectivity index is 2.55. The van der Waals surface area contributed by atoms with Gasteiger partial charge in [-0.15, -0.1) is 0 Å². The van der Waals surface area contributed by atoms with Crippen molar-refractivity contribution in [2.75, 3.05) is 5.32 Å². The molecule has 0 unspecified atom stereocenters. The van der Waals surface area contributed by atoms with E-state index in [1.807, 2.05) is 13.8 Å². The Labute approximate surface area is 131 Å². The van der Waals surface area contributed by atoms with E-state index in [2.05, 4.69) is 5.32 Å². The first kappa shape index (κ1) is 17.9. The van der Waals surface area contributed by atoms with Crippen LogP contribution in [0.2, 0.25) is 0 Å². The first-order valence-electron chi connectivity index (χ1n) is 7.41. The van der Waals surface area contributed by atoms with E-state index in [1.165, 1.54) is 13.8 Å². The van der Waals surface area contributed by atoms with Crippen LogP contribution in [-0.4, -0.2) is 23.8 Å². The molecule has 1 aromatic carbocycles. The summed E-state index contributed by atoms with van der Waals surface area (Å²) < 4.78 is 5.09. The van der Waals surface area contributed by atoms with E-state index in [-0.39, 0.29) is 11.8 Å². The van der Waals surface area contributed by atoms with Gasteiger partial charge in [0.15, 0.2) is 11.9 Å². The molecule has 1 rings (SSSR count). The second-order valence-electron chi connectivity index (χ2n) is 5.69. The zero-order valence-corrected chi connectivity index (χ0v) is 13.5. The highest BCUT2D eigenvalue weighted by atomic mass is 16.5. The summed E-state index contributed by atoms with van der Waals surface area (Å²) in [5.41, 5.74) is 1.02. The SMILES string of the molecule is CC(=O)c1cccc(NC(=O)[C@H](C)OC(=O)CCC(C)C)c1. The summed E-state index contributed by atoms with van der Waals surface area (Å²) in [7, 11) is 0. The van der Waals surface area contributed by atoms with Gasteiger partial charge in [-0.2, -0.15) is 0 Å². The van der Waals surface area contributed by atoms with Crippen molar-refractivity contribution in [3.63, 3.8) is 0 Å². The third-order valence-electron chi connectivity index (χ3n) is 3.14. The van der Waals surface area contributed by atoms with Crippen molar-refractivity contribution in [2.24, 2.45) is 5.92 Å². The molecule has 5 nitrogen and oxygen atoms in total. The molecule has 0 fully saturated rings. The lowest BCUT2D eigenvalue weighted by Crippen LogP contribution is -2.30. The molecule has 0 radical (unpaired) electrons. The fourth-order valence-electron chi connectivity index (χ4n) is 1.78. The minimum atomic E-state index is -0.874. The number of ether oxygens (including phenoxy) is 1. The molecule has 0 bridgehead atoms. The molecule has 1 amide bonds. The van der Waals surface area contributed by atoms with E-state index < -0.39 is 12.0 Å². The molecule has 0 spiro atoms. The molecule has 1 aromatic rings. The lowest BCUT2D eigenvalue weighted by Gasteiger charge is -2.14. The number of Topliss-reactive ketones (excluding diaryl/α,β-unsaturated/α-hetero) is 1. The zero-order chi connectivity index (χ0) is 16.7. The van der Waals surface area contributed by atoms with E-state index in [9.17, 15) is 14.4 Å². The van der Waals surface area contributed by atoms with Gasteiger partial charge in [0.2, 0.25) is 0 Å². The number of carbonyl (C=O) groups is 3. The molecule has 0 aromatic heterocycles. The smallest absolute Gasteiger partial charge is 0.306 e. The largest absolute Gasteiger partial charge is 0.453 e. The highest BCUT2D eigenvalue weighted by Crippen LogP contribution is 2.12. The number of esters is 1. The monoisotopic (exact) mass is 305 g/mol. The van der Waals surface area contributed by atoms with Crippen LogP contribution in [-0.2, 0) is 14.3 Å². The van der Waals surface area contributed by atoms with Gasteiger partial charge in [0, 0.05) is 17.7 Å². The van der Waals surface area contributed by atoms with E-state index in [0.29, 0.717) is 23.6 Å². The maximum Gasteiger partial charge on any atom is 0.306 e. The van der Waals surface area contributed by atoms with Gasteiger partial charge in [0.25, 0.3) is 5.91 Å². The van der Waals surface area contributed by atoms with Gasteiger partial charge in [0.1, 0.15) is 0 Å². The Morgan fingerprint density at radius 2 is 1.86 bits per heavy atom. The summed E-state index contributed by atoms with van der Waals surface area (Å²) in [6.45, 7) is 7.02. The second kappa shape index (κ2) is 8.32. The van der Waals surface area contributed by atoms with E-state index in [0.717, 1.165) is 6.42 Å². The minimum absolute atomic E-state index is 0.0794. The second-order valence-corrected chi connectivity index (χ2v) is 5.69. The molecule has 0 saturated carbocycles. The molecule has 0 saturated heterocycles. The fraction of sp³-hybridized carbons (Fsp3) is 0.471. The number of hydrogen-bond acceptors (Lipinski definition) is 4. The molecule has 1 atom stereocenters. The topological polar surface area (TPSA) is 72.5 Å². The number of benzene rings is 1. The van der Waals surface area contributed by atoms with Crippen molar-refractivity contribution in [1.29, 1.82) is 0 Å². The van der Waals surface area contributed by atoms with Gasteiger partial charge in [-0.1, -0.05) is 26.0 Å². The van der Waals surface area contributed by atoms with Gasteiger partial charge >= 0.3 is 5.97 Å². The van der Waals surface area contributed by atoms with Crippen LogP contribution in [0.4, 0.5) is 5.69 Å². The van der Waals surface area contributed by atoms with Gasteiger partial charge in [-0.05, 0) is 38.3 Å². The highest BCUT2D eigenvalue weighted by Gasteiger charge is 2.18. The molecule has 0 aliphatic heterocycles. The predicted molar refractivity (Wildman–Crippen MR) is 84.7 cm³/mol. The van der Waals surface area contributed by atoms with Gasteiger partial charge < -0.3 is 10.1 Å². The number of hydrogen-bond donors (Lipinski definition) is 1. The molecule has 0 aliphatic rings. The maximum atomic E-state index is 12.0. The molecular formula is C17H23NO4. The van der Waals surface area contributed by atoms with Crippen LogP contribution < -0.4 is 5.32 Å². The summed E-state index contributed by atoms with van der Waals surface area (Å²) in [6.07, 6.45) is 0.156. The zero-order valence-electron chi connectivity index (χ0n) is 13.5. The first-order chi connectivity index (χ1) is 10.3. The van der Waals surface area contributed by atoms with Crippen LogP contribution in [0.25, 0.3) is 0 Å². The average molecular weight is 305 g/mol. The number of nitrogens with one attached hydrogen (secondary N) is 1. The van der Waals surface area contributed by atoms with Crippen LogP contribution in [0, 0.1) is 5.92 Å². The van der Waals surface area contributed by atoms with Crippen molar-refractivity contribution in [2.45, 2.75) is 46.6 Å². The van der Waals surface area contributed by atoms with Crippen molar-refractivity contribution < 1.29 is 19.1 Å². The molecule has 5 heteroatoms. The number of rotatable bonds is 7. The number of amides is 1. The summed E-state index contributed by atoms with van der Waals surface area (Å²) in [5.74, 6) is -0.470. The number of anilines is 1. The van der Waals surface area contributed by atoms with E-state index >= 15 is 0 Å². The van der Waals surface area contributed by atoms with E-state index in [4.69, 9.17) is 4.74 Å². The number of ketones is 1. The Bertz CT molecular complexity index is 551. The molecule has 0 heterocycles. The van der Waals surface area contributed by atoms with Crippen LogP contribution >= 0.6 is 0 Å². The first-order valence-corrected chi connectivity index (χ1v) is 7.41. The summed E-state index contributed by atoms with van der Waals surface area (Å²) in [5, 5.41) is 2.64. The predicted octanol–water partition coefficient (Wildman–Crippen LogP) is 3.20. The third-order valence-corrected chi connectivity index (χ3v) is 3.14. The molecular weight excluding hydrogens is 282 g/mol. The third kappa shape index (κ3) is 6.08. The summed E-state index contributed by atoms with van der Waals surface area (Å²) >= 11 is 0. The molecule has 1 N–H and O–H groups in total. The standard InChI is InChI=1S/C17H23NO4/c1-11(2)8-9-16(20)22-13(4)17(21)18-15-7-5-6-14(10-15)12(3)19/h5-7,10-11,13H,8-9H2,1-4H3,(H,18,21)/t13-/m0/s1. The molecule has 22 heavy (non-hydrogen) atoms. The molecule has 120 valence electrons.